The van der Waals surface area contributed by atoms with Crippen molar-refractivity contribution in [3.05, 3.63) is 60.1 Å². The Balaban J connectivity index is 1.68. The zero-order chi connectivity index (χ0) is 15.2. The van der Waals surface area contributed by atoms with E-state index < -0.39 is 0 Å². The average Bonchev–Trinajstić information content (AvgIpc) is 3.21. The van der Waals surface area contributed by atoms with Crippen molar-refractivity contribution in [2.45, 2.75) is 24.9 Å². The van der Waals surface area contributed by atoms with E-state index in [1.807, 2.05) is 59.1 Å². The maximum atomic E-state index is 12.7. The van der Waals surface area contributed by atoms with Gasteiger partial charge in [-0.15, -0.1) is 11.8 Å². The van der Waals surface area contributed by atoms with Crippen molar-refractivity contribution >= 4 is 17.7 Å². The zero-order valence-electron chi connectivity index (χ0n) is 12.4. The van der Waals surface area contributed by atoms with Gasteiger partial charge in [0, 0.05) is 18.8 Å². The van der Waals surface area contributed by atoms with E-state index in [9.17, 15) is 4.79 Å². The number of rotatable bonds is 6. The van der Waals surface area contributed by atoms with Gasteiger partial charge in [0.25, 0.3) is 0 Å². The number of hydrogen-bond donors (Lipinski definition) is 1. The first kappa shape index (κ1) is 15.2. The van der Waals surface area contributed by atoms with Crippen molar-refractivity contribution in [1.29, 1.82) is 0 Å². The van der Waals surface area contributed by atoms with Gasteiger partial charge in [-0.25, -0.2) is 0 Å². The molecule has 0 saturated carbocycles. The van der Waals surface area contributed by atoms with Crippen LogP contribution in [0, 0.1) is 0 Å². The summed E-state index contributed by atoms with van der Waals surface area (Å²) in [6.45, 7) is 2.11. The van der Waals surface area contributed by atoms with E-state index in [2.05, 4.69) is 5.32 Å². The number of furan rings is 1. The molecule has 0 spiro atoms. The van der Waals surface area contributed by atoms with E-state index >= 15 is 0 Å². The van der Waals surface area contributed by atoms with Crippen molar-refractivity contribution in [3.63, 3.8) is 0 Å². The molecule has 1 atom stereocenters. The van der Waals surface area contributed by atoms with Gasteiger partial charge in [-0.05, 0) is 17.7 Å². The number of nitrogens with one attached hydrogen (secondary N) is 1. The Kier molecular flexibility index (Phi) is 5.19. The third-order valence-electron chi connectivity index (χ3n) is 3.65. The summed E-state index contributed by atoms with van der Waals surface area (Å²) in [6.07, 6.45) is 2.17. The standard InChI is InChI=1S/C17H20N2O2S/c20-17(11-16-18-8-10-22-16)19(13-15-7-4-9-21-15)12-14-5-2-1-3-6-14/h1-7,9,16,18H,8,10-13H2. The van der Waals surface area contributed by atoms with Crippen molar-refractivity contribution in [3.8, 4) is 0 Å². The molecule has 1 fully saturated rings. The van der Waals surface area contributed by atoms with Gasteiger partial charge in [0.1, 0.15) is 5.76 Å². The largest absolute Gasteiger partial charge is 0.467 e. The predicted molar refractivity (Wildman–Crippen MR) is 88.3 cm³/mol. The number of carbonyl (C=O) groups excluding carboxylic acids is 1. The summed E-state index contributed by atoms with van der Waals surface area (Å²) in [7, 11) is 0. The van der Waals surface area contributed by atoms with Crippen LogP contribution in [0.5, 0.6) is 0 Å². The molecule has 1 aromatic heterocycles. The zero-order valence-corrected chi connectivity index (χ0v) is 13.2. The minimum Gasteiger partial charge on any atom is -0.467 e. The first-order chi connectivity index (χ1) is 10.8. The summed E-state index contributed by atoms with van der Waals surface area (Å²) in [4.78, 5) is 14.5. The molecule has 0 bridgehead atoms. The Labute approximate surface area is 134 Å². The molecule has 1 aromatic carbocycles. The smallest absolute Gasteiger partial charge is 0.225 e. The fourth-order valence-corrected chi connectivity index (χ4v) is 3.54. The molecule has 1 amide bonds. The van der Waals surface area contributed by atoms with Crippen LogP contribution in [-0.2, 0) is 17.9 Å². The Bertz CT molecular complexity index is 580. The molecule has 22 heavy (non-hydrogen) atoms. The number of benzene rings is 1. The highest BCUT2D eigenvalue weighted by atomic mass is 32.2. The summed E-state index contributed by atoms with van der Waals surface area (Å²) in [5, 5.41) is 3.60. The molecule has 3 rings (SSSR count). The number of amides is 1. The van der Waals surface area contributed by atoms with Gasteiger partial charge in [0.2, 0.25) is 5.91 Å². The van der Waals surface area contributed by atoms with Crippen LogP contribution in [0.25, 0.3) is 0 Å². The minimum atomic E-state index is 0.159. The SMILES string of the molecule is O=C(CC1NCCS1)N(Cc1ccccc1)Cc1ccco1. The van der Waals surface area contributed by atoms with Crippen LogP contribution in [0.15, 0.2) is 53.1 Å². The lowest BCUT2D eigenvalue weighted by molar-refractivity contribution is -0.132. The second kappa shape index (κ2) is 7.51. The van der Waals surface area contributed by atoms with Gasteiger partial charge in [-0.3, -0.25) is 4.79 Å². The van der Waals surface area contributed by atoms with E-state index in [1.165, 1.54) is 0 Å². The van der Waals surface area contributed by atoms with Gasteiger partial charge in [0.15, 0.2) is 0 Å². The van der Waals surface area contributed by atoms with Gasteiger partial charge < -0.3 is 14.6 Å². The summed E-state index contributed by atoms with van der Waals surface area (Å²) in [5.74, 6) is 2.05. The molecule has 0 radical (unpaired) electrons. The fraction of sp³-hybridized carbons (Fsp3) is 0.353. The summed E-state index contributed by atoms with van der Waals surface area (Å²) >= 11 is 1.82. The molecular weight excluding hydrogens is 296 g/mol. The quantitative estimate of drug-likeness (QED) is 0.890. The van der Waals surface area contributed by atoms with Crippen LogP contribution in [0.4, 0.5) is 0 Å². The first-order valence-electron chi connectivity index (χ1n) is 7.50. The van der Waals surface area contributed by atoms with Gasteiger partial charge in [-0.2, -0.15) is 0 Å². The van der Waals surface area contributed by atoms with Gasteiger partial charge in [-0.1, -0.05) is 30.3 Å². The topological polar surface area (TPSA) is 45.5 Å². The Hall–Kier alpha value is -1.72. The molecule has 1 aliphatic rings. The highest BCUT2D eigenvalue weighted by molar-refractivity contribution is 8.00. The maximum absolute atomic E-state index is 12.7. The normalized spacial score (nSPS) is 17.5. The number of carbonyl (C=O) groups is 1. The van der Waals surface area contributed by atoms with E-state index in [1.54, 1.807) is 6.26 Å². The fourth-order valence-electron chi connectivity index (χ4n) is 2.53. The second-order valence-electron chi connectivity index (χ2n) is 5.33. The molecule has 116 valence electrons. The van der Waals surface area contributed by atoms with Crippen LogP contribution in [0.1, 0.15) is 17.7 Å². The van der Waals surface area contributed by atoms with Crippen molar-refractivity contribution in [2.24, 2.45) is 0 Å². The maximum Gasteiger partial charge on any atom is 0.225 e. The van der Waals surface area contributed by atoms with E-state index in [0.717, 1.165) is 23.6 Å². The summed E-state index contributed by atoms with van der Waals surface area (Å²) in [6, 6.07) is 13.8. The molecule has 2 heterocycles. The van der Waals surface area contributed by atoms with Crippen molar-refractivity contribution in [1.82, 2.24) is 10.2 Å². The lowest BCUT2D eigenvalue weighted by Crippen LogP contribution is -2.34. The minimum absolute atomic E-state index is 0.159. The van der Waals surface area contributed by atoms with Crippen LogP contribution in [0.3, 0.4) is 0 Å². The summed E-state index contributed by atoms with van der Waals surface area (Å²) in [5.41, 5.74) is 1.13. The van der Waals surface area contributed by atoms with Crippen molar-refractivity contribution < 1.29 is 9.21 Å². The number of nitrogens with zero attached hydrogens (tertiary/aromatic N) is 1. The number of hydrogen-bond acceptors (Lipinski definition) is 4. The molecule has 1 unspecified atom stereocenters. The van der Waals surface area contributed by atoms with Crippen LogP contribution >= 0.6 is 11.8 Å². The average molecular weight is 316 g/mol. The second-order valence-corrected chi connectivity index (χ2v) is 6.64. The third kappa shape index (κ3) is 4.15. The number of thioether (sulfide) groups is 1. The Morgan fingerprint density at radius 3 is 2.77 bits per heavy atom. The first-order valence-corrected chi connectivity index (χ1v) is 8.55. The van der Waals surface area contributed by atoms with Crippen LogP contribution in [0.2, 0.25) is 0 Å². The van der Waals surface area contributed by atoms with E-state index in [0.29, 0.717) is 19.5 Å². The molecule has 0 aliphatic carbocycles. The van der Waals surface area contributed by atoms with Gasteiger partial charge in [0.05, 0.1) is 24.6 Å². The molecule has 1 N–H and O–H groups in total. The molecule has 5 heteroatoms. The Morgan fingerprint density at radius 2 is 2.09 bits per heavy atom. The molecule has 4 nitrogen and oxygen atoms in total. The van der Waals surface area contributed by atoms with Crippen molar-refractivity contribution in [2.75, 3.05) is 12.3 Å². The Morgan fingerprint density at radius 1 is 1.23 bits per heavy atom. The summed E-state index contributed by atoms with van der Waals surface area (Å²) < 4.78 is 5.41. The van der Waals surface area contributed by atoms with Crippen LogP contribution in [-0.4, -0.2) is 28.5 Å². The van der Waals surface area contributed by atoms with Gasteiger partial charge >= 0.3 is 0 Å². The lowest BCUT2D eigenvalue weighted by Gasteiger charge is -2.23. The molecule has 2 aromatic rings. The molecule has 1 saturated heterocycles. The predicted octanol–water partition coefficient (Wildman–Crippen LogP) is 2.86. The lowest BCUT2D eigenvalue weighted by atomic mass is 10.2. The highest BCUT2D eigenvalue weighted by Gasteiger charge is 2.23. The molecule has 1 aliphatic heterocycles. The highest BCUT2D eigenvalue weighted by Crippen LogP contribution is 2.20. The third-order valence-corrected chi connectivity index (χ3v) is 4.82. The molecular formula is C17H20N2O2S. The monoisotopic (exact) mass is 316 g/mol. The van der Waals surface area contributed by atoms with E-state index in [-0.39, 0.29) is 11.3 Å². The van der Waals surface area contributed by atoms with E-state index in [4.69, 9.17) is 4.42 Å². The van der Waals surface area contributed by atoms with Crippen LogP contribution < -0.4 is 5.32 Å².